The van der Waals surface area contributed by atoms with E-state index in [1.807, 2.05) is 6.20 Å². The smallest absolute Gasteiger partial charge is 0.137 e. The predicted molar refractivity (Wildman–Crippen MR) is 244 cm³/mol. The van der Waals surface area contributed by atoms with Gasteiger partial charge in [0.15, 0.2) is 0 Å². The lowest BCUT2D eigenvalue weighted by Crippen LogP contribution is -2.25. The Kier molecular flexibility index (Phi) is 7.24. The van der Waals surface area contributed by atoms with Gasteiger partial charge in [0, 0.05) is 51.2 Å². The number of hydrogen-bond donors (Lipinski definition) is 0. The van der Waals surface area contributed by atoms with E-state index in [4.69, 9.17) is 9.40 Å². The highest BCUT2D eigenvalue weighted by Gasteiger charge is 2.55. The van der Waals surface area contributed by atoms with Gasteiger partial charge in [0.2, 0.25) is 0 Å². The number of nitrogens with zero attached hydrogens (tertiary/aromatic N) is 3. The van der Waals surface area contributed by atoms with Crippen molar-refractivity contribution in [2.24, 2.45) is 0 Å². The summed E-state index contributed by atoms with van der Waals surface area (Å²) < 4.78 is 6.83. The number of pyridine rings is 1. The highest BCUT2D eigenvalue weighted by molar-refractivity contribution is 6.15. The molecule has 3 aliphatic rings. The molecule has 0 spiro atoms. The van der Waals surface area contributed by atoms with Gasteiger partial charge in [-0.05, 0) is 124 Å². The summed E-state index contributed by atoms with van der Waals surface area (Å²) in [5, 5.41) is 4.91. The lowest BCUT2D eigenvalue weighted by atomic mass is 9.75. The molecule has 0 N–H and O–H groups in total. The van der Waals surface area contributed by atoms with Gasteiger partial charge in [-0.1, -0.05) is 119 Å². The molecular weight excluding hydrogens is 719 g/mol. The zero-order chi connectivity index (χ0) is 39.6. The molecule has 0 saturated heterocycles. The molecule has 2 atom stereocenters. The molecule has 0 radical (unpaired) electrons. The molecule has 9 aromatic rings. The van der Waals surface area contributed by atoms with Crippen molar-refractivity contribution >= 4 is 61.1 Å². The summed E-state index contributed by atoms with van der Waals surface area (Å²) in [4.78, 5) is 10.1. The van der Waals surface area contributed by atoms with Gasteiger partial charge >= 0.3 is 0 Å². The maximum Gasteiger partial charge on any atom is 0.137 e. The lowest BCUT2D eigenvalue weighted by molar-refractivity contribution is 0.421. The number of aromatic nitrogens is 1. The molecule has 4 nitrogen and oxygen atoms in total. The van der Waals surface area contributed by atoms with E-state index in [2.05, 4.69) is 195 Å². The van der Waals surface area contributed by atoms with Gasteiger partial charge in [0.1, 0.15) is 11.2 Å². The zero-order valence-corrected chi connectivity index (χ0v) is 33.9. The summed E-state index contributed by atoms with van der Waals surface area (Å²) in [6.45, 7) is 9.52. The van der Waals surface area contributed by atoms with Crippen LogP contribution in [0.15, 0.2) is 168 Å². The fourth-order valence-electron chi connectivity index (χ4n) is 11.7. The van der Waals surface area contributed by atoms with Gasteiger partial charge in [-0.25, -0.2) is 0 Å². The molecule has 0 saturated carbocycles. The van der Waals surface area contributed by atoms with Crippen molar-refractivity contribution in [3.8, 4) is 11.1 Å². The van der Waals surface area contributed by atoms with Gasteiger partial charge in [-0.2, -0.15) is 0 Å². The SMILES string of the molecule is CCC1(CC)c2cc3c(cc2-c2cccnc21)oc1cccc(N(c2ccccc2)c2ccc4c(c2)N(c2ccccc2)C2c5c(ccc6ccccc56)C(C)(C)C42)c13. The molecule has 4 heteroatoms. The Morgan fingerprint density at radius 1 is 0.644 bits per heavy atom. The van der Waals surface area contributed by atoms with Crippen LogP contribution in [0.25, 0.3) is 43.8 Å². The van der Waals surface area contributed by atoms with Crippen LogP contribution in [0.5, 0.6) is 0 Å². The third kappa shape index (κ3) is 4.57. The highest BCUT2D eigenvalue weighted by Crippen LogP contribution is 2.66. The number of benzene rings is 7. The van der Waals surface area contributed by atoms with Crippen LogP contribution in [0.3, 0.4) is 0 Å². The number of hydrogen-bond acceptors (Lipinski definition) is 4. The van der Waals surface area contributed by atoms with Crippen LogP contribution in [0, 0.1) is 0 Å². The van der Waals surface area contributed by atoms with E-state index in [1.165, 1.54) is 61.2 Å². The Morgan fingerprint density at radius 2 is 1.42 bits per heavy atom. The van der Waals surface area contributed by atoms with Gasteiger partial charge in [0.05, 0.1) is 22.8 Å². The van der Waals surface area contributed by atoms with Crippen molar-refractivity contribution < 1.29 is 4.42 Å². The molecule has 12 rings (SSSR count). The van der Waals surface area contributed by atoms with Gasteiger partial charge in [-0.3, -0.25) is 4.98 Å². The maximum atomic E-state index is 6.83. The molecule has 2 aromatic heterocycles. The first-order valence-corrected chi connectivity index (χ1v) is 21.2. The van der Waals surface area contributed by atoms with Crippen LogP contribution < -0.4 is 9.80 Å². The number of furan rings is 1. The topological polar surface area (TPSA) is 32.5 Å². The van der Waals surface area contributed by atoms with Crippen molar-refractivity contribution in [3.63, 3.8) is 0 Å². The van der Waals surface area contributed by atoms with E-state index in [1.54, 1.807) is 0 Å². The molecule has 59 heavy (non-hydrogen) atoms. The predicted octanol–water partition coefficient (Wildman–Crippen LogP) is 15.0. The Bertz CT molecular complexity index is 3140. The molecule has 0 fully saturated rings. The zero-order valence-electron chi connectivity index (χ0n) is 33.9. The Balaban J connectivity index is 1.09. The molecule has 3 heterocycles. The molecule has 1 aliphatic heterocycles. The molecule has 2 unspecified atom stereocenters. The second kappa shape index (κ2) is 12.4. The first kappa shape index (κ1) is 34.4. The fraction of sp³-hybridized carbons (Fsp3) is 0.182. The molecule has 0 amide bonds. The minimum absolute atomic E-state index is 0.0775. The Morgan fingerprint density at radius 3 is 2.24 bits per heavy atom. The molecule has 0 bridgehead atoms. The number of rotatable bonds is 6. The van der Waals surface area contributed by atoms with Crippen LogP contribution in [-0.2, 0) is 10.8 Å². The van der Waals surface area contributed by atoms with Crippen molar-refractivity contribution in [2.75, 3.05) is 9.80 Å². The van der Waals surface area contributed by atoms with Crippen LogP contribution in [0.2, 0.25) is 0 Å². The summed E-state index contributed by atoms with van der Waals surface area (Å²) in [5.41, 5.74) is 16.7. The average molecular weight is 764 g/mol. The molecule has 7 aromatic carbocycles. The largest absolute Gasteiger partial charge is 0.456 e. The first-order chi connectivity index (χ1) is 28.9. The lowest BCUT2D eigenvalue weighted by Gasteiger charge is -2.31. The molecular formula is C55H45N3O. The van der Waals surface area contributed by atoms with Crippen molar-refractivity contribution in [1.29, 1.82) is 0 Å². The van der Waals surface area contributed by atoms with Gasteiger partial charge in [-0.15, -0.1) is 0 Å². The van der Waals surface area contributed by atoms with Gasteiger partial charge < -0.3 is 14.2 Å². The van der Waals surface area contributed by atoms with Crippen LogP contribution in [0.4, 0.5) is 28.4 Å². The summed E-state index contributed by atoms with van der Waals surface area (Å²) in [6, 6.07) is 58.5. The van der Waals surface area contributed by atoms with Gasteiger partial charge in [0.25, 0.3) is 0 Å². The van der Waals surface area contributed by atoms with E-state index in [9.17, 15) is 0 Å². The first-order valence-electron chi connectivity index (χ1n) is 21.2. The molecule has 286 valence electrons. The molecule has 2 aliphatic carbocycles. The summed E-state index contributed by atoms with van der Waals surface area (Å²) >= 11 is 0. The van der Waals surface area contributed by atoms with Crippen molar-refractivity contribution in [1.82, 2.24) is 4.98 Å². The van der Waals surface area contributed by atoms with Crippen molar-refractivity contribution in [3.05, 3.63) is 192 Å². The minimum Gasteiger partial charge on any atom is -0.456 e. The summed E-state index contributed by atoms with van der Waals surface area (Å²) in [6.07, 6.45) is 3.92. The Hall–Kier alpha value is -6.65. The number of fused-ring (bicyclic) bond motifs is 13. The average Bonchev–Trinajstić information content (AvgIpc) is 3.97. The van der Waals surface area contributed by atoms with Crippen molar-refractivity contribution in [2.45, 2.75) is 63.3 Å². The third-order valence-corrected chi connectivity index (χ3v) is 14.4. The second-order valence-electron chi connectivity index (χ2n) is 17.3. The summed E-state index contributed by atoms with van der Waals surface area (Å²) in [5.74, 6) is 0.275. The monoisotopic (exact) mass is 763 g/mol. The van der Waals surface area contributed by atoms with E-state index < -0.39 is 0 Å². The second-order valence-corrected chi connectivity index (χ2v) is 17.3. The normalized spacial score (nSPS) is 17.9. The summed E-state index contributed by atoms with van der Waals surface area (Å²) in [7, 11) is 0. The van der Waals surface area contributed by atoms with E-state index >= 15 is 0 Å². The van der Waals surface area contributed by atoms with Crippen LogP contribution >= 0.6 is 0 Å². The quantitative estimate of drug-likeness (QED) is 0.169. The minimum atomic E-state index is -0.144. The highest BCUT2D eigenvalue weighted by atomic mass is 16.3. The standard InChI is InChI=1S/C55H45N3O/c1-5-55(6-2)44-32-42-48(33-41(44)39-23-16-30-56-53(39)55)59-47-25-15-24-45(50(42)47)57(35-18-9-7-10-19-35)37-27-28-40-46(31-37)58(36-20-11-8-12-21-36)52-49-38-22-14-13-17-34(38)26-29-43(49)54(3,4)51(40)52/h7-33,51-52H,5-6H2,1-4H3. The third-order valence-electron chi connectivity index (χ3n) is 14.4. The van der Waals surface area contributed by atoms with E-state index in [-0.39, 0.29) is 22.8 Å². The van der Waals surface area contributed by atoms with E-state index in [0.29, 0.717) is 0 Å². The Labute approximate surface area is 345 Å². The van der Waals surface area contributed by atoms with E-state index in [0.717, 1.165) is 51.8 Å². The maximum absolute atomic E-state index is 6.83. The fourth-order valence-corrected chi connectivity index (χ4v) is 11.7. The number of anilines is 5. The van der Waals surface area contributed by atoms with Crippen LogP contribution in [0.1, 0.15) is 80.4 Å². The van der Waals surface area contributed by atoms with Crippen LogP contribution in [-0.4, -0.2) is 4.98 Å². The number of para-hydroxylation sites is 2.